The van der Waals surface area contributed by atoms with Gasteiger partial charge in [-0.15, -0.1) is 0 Å². The molecule has 4 aromatic carbocycles. The van der Waals surface area contributed by atoms with Crippen LogP contribution in [0.1, 0.15) is 28.4 Å². The normalized spacial score (nSPS) is 10.9. The molecule has 36 heavy (non-hydrogen) atoms. The second-order valence-corrected chi connectivity index (χ2v) is 7.89. The van der Waals surface area contributed by atoms with Crippen LogP contribution in [0.2, 0.25) is 0 Å². The highest BCUT2D eigenvalue weighted by atomic mass is 16.5. The Morgan fingerprint density at radius 2 is 1.64 bits per heavy atom. The smallest absolute Gasteiger partial charge is 0.338 e. The molecule has 0 aliphatic rings. The van der Waals surface area contributed by atoms with Crippen molar-refractivity contribution in [3.63, 3.8) is 0 Å². The number of hydrogen-bond donors (Lipinski definition) is 1. The van der Waals surface area contributed by atoms with Crippen LogP contribution in [-0.4, -0.2) is 18.5 Å². The van der Waals surface area contributed by atoms with E-state index in [4.69, 9.17) is 9.47 Å². The van der Waals surface area contributed by atoms with Crippen molar-refractivity contribution < 1.29 is 19.1 Å². The van der Waals surface area contributed by atoms with Gasteiger partial charge in [0.05, 0.1) is 12.2 Å². The molecular formula is C30H24N2O4. The van der Waals surface area contributed by atoms with Gasteiger partial charge in [0.1, 0.15) is 24.0 Å². The van der Waals surface area contributed by atoms with Gasteiger partial charge >= 0.3 is 5.97 Å². The summed E-state index contributed by atoms with van der Waals surface area (Å²) >= 11 is 0. The van der Waals surface area contributed by atoms with Gasteiger partial charge in [0.15, 0.2) is 0 Å². The maximum absolute atomic E-state index is 12.8. The average molecular weight is 477 g/mol. The third-order valence-corrected chi connectivity index (χ3v) is 5.50. The van der Waals surface area contributed by atoms with E-state index in [0.29, 0.717) is 29.2 Å². The van der Waals surface area contributed by atoms with Crippen molar-refractivity contribution >= 4 is 34.4 Å². The molecule has 4 rings (SSSR count). The Labute approximate surface area is 209 Å². The molecule has 0 aliphatic carbocycles. The van der Waals surface area contributed by atoms with E-state index in [1.165, 1.54) is 6.08 Å². The van der Waals surface area contributed by atoms with Gasteiger partial charge in [-0.05, 0) is 59.7 Å². The number of rotatable bonds is 8. The zero-order valence-corrected chi connectivity index (χ0v) is 19.7. The molecule has 0 fully saturated rings. The lowest BCUT2D eigenvalue weighted by Gasteiger charge is -2.12. The van der Waals surface area contributed by atoms with Gasteiger partial charge in [-0.1, -0.05) is 60.7 Å². The molecule has 6 nitrogen and oxygen atoms in total. The Kier molecular flexibility index (Phi) is 7.74. The zero-order chi connectivity index (χ0) is 25.3. The molecule has 0 radical (unpaired) electrons. The van der Waals surface area contributed by atoms with Crippen LogP contribution in [0.15, 0.2) is 96.6 Å². The highest BCUT2D eigenvalue weighted by molar-refractivity contribution is 6.10. The number of nitrogens with zero attached hydrogens (tertiary/aromatic N) is 1. The number of esters is 1. The van der Waals surface area contributed by atoms with Crippen molar-refractivity contribution in [1.29, 1.82) is 5.26 Å². The summed E-state index contributed by atoms with van der Waals surface area (Å²) in [4.78, 5) is 24.6. The standard InChI is InChI=1S/C30H24N2O4/c1-2-35-30(34)22-14-16-26(17-15-22)32-29(33)25(19-31)18-23-9-4-6-13-28(23)36-20-24-11-7-10-21-8-3-5-12-27(21)24/h3-18H,2,20H2,1H3,(H,32,33)/b25-18+. The predicted molar refractivity (Wildman–Crippen MR) is 139 cm³/mol. The van der Waals surface area contributed by atoms with Crippen LogP contribution in [0.25, 0.3) is 16.8 Å². The van der Waals surface area contributed by atoms with E-state index in [1.807, 2.05) is 42.5 Å². The molecule has 0 bridgehead atoms. The lowest BCUT2D eigenvalue weighted by Crippen LogP contribution is -2.13. The number of amides is 1. The molecule has 0 unspecified atom stereocenters. The van der Waals surface area contributed by atoms with E-state index < -0.39 is 11.9 Å². The van der Waals surface area contributed by atoms with Crippen LogP contribution < -0.4 is 10.1 Å². The molecule has 4 aromatic rings. The Bertz CT molecular complexity index is 1460. The largest absolute Gasteiger partial charge is 0.488 e. The third kappa shape index (κ3) is 5.78. The van der Waals surface area contributed by atoms with Crippen molar-refractivity contribution in [3.8, 4) is 11.8 Å². The summed E-state index contributed by atoms with van der Waals surface area (Å²) in [5.74, 6) is -0.442. The summed E-state index contributed by atoms with van der Waals surface area (Å²) in [6.07, 6.45) is 1.50. The lowest BCUT2D eigenvalue weighted by molar-refractivity contribution is -0.112. The fourth-order valence-electron chi connectivity index (χ4n) is 3.71. The highest BCUT2D eigenvalue weighted by Crippen LogP contribution is 2.25. The first-order valence-electron chi connectivity index (χ1n) is 11.5. The number of benzene rings is 4. The third-order valence-electron chi connectivity index (χ3n) is 5.50. The van der Waals surface area contributed by atoms with Crippen molar-refractivity contribution in [2.45, 2.75) is 13.5 Å². The molecule has 6 heteroatoms. The van der Waals surface area contributed by atoms with Gasteiger partial charge in [-0.25, -0.2) is 4.79 Å². The summed E-state index contributed by atoms with van der Waals surface area (Å²) in [5.41, 5.74) is 2.40. The van der Waals surface area contributed by atoms with Gasteiger partial charge in [-0.2, -0.15) is 5.26 Å². The SMILES string of the molecule is CCOC(=O)c1ccc(NC(=O)/C(C#N)=C/c2ccccc2OCc2cccc3ccccc23)cc1. The molecule has 0 saturated carbocycles. The van der Waals surface area contributed by atoms with Gasteiger partial charge in [0.25, 0.3) is 5.91 Å². The van der Waals surface area contributed by atoms with E-state index in [2.05, 4.69) is 23.5 Å². The number of carbonyl (C=O) groups is 2. The number of ether oxygens (including phenoxy) is 2. The van der Waals surface area contributed by atoms with Gasteiger partial charge in [0.2, 0.25) is 0 Å². The minimum absolute atomic E-state index is 0.0781. The minimum Gasteiger partial charge on any atom is -0.488 e. The van der Waals surface area contributed by atoms with Crippen LogP contribution in [0.5, 0.6) is 5.75 Å². The molecule has 1 amide bonds. The van der Waals surface area contributed by atoms with E-state index in [1.54, 1.807) is 43.3 Å². The predicted octanol–water partition coefficient (Wildman–Crippen LogP) is 6.14. The number of nitrogens with one attached hydrogen (secondary N) is 1. The Hall–Kier alpha value is -4.89. The molecule has 0 aromatic heterocycles. The number of nitriles is 1. The molecule has 0 aliphatic heterocycles. The molecule has 0 atom stereocenters. The first-order chi connectivity index (χ1) is 17.6. The first-order valence-corrected chi connectivity index (χ1v) is 11.5. The number of para-hydroxylation sites is 1. The second kappa shape index (κ2) is 11.5. The molecule has 0 heterocycles. The summed E-state index contributed by atoms with van der Waals surface area (Å²) in [7, 11) is 0. The van der Waals surface area contributed by atoms with Crippen LogP contribution in [0, 0.1) is 11.3 Å². The Balaban J connectivity index is 1.50. The Morgan fingerprint density at radius 3 is 2.42 bits per heavy atom. The molecule has 178 valence electrons. The number of fused-ring (bicyclic) bond motifs is 1. The fourth-order valence-corrected chi connectivity index (χ4v) is 3.71. The first kappa shape index (κ1) is 24.2. The van der Waals surface area contributed by atoms with Crippen LogP contribution in [-0.2, 0) is 16.1 Å². The average Bonchev–Trinajstić information content (AvgIpc) is 2.91. The van der Waals surface area contributed by atoms with Crippen molar-refractivity contribution in [2.75, 3.05) is 11.9 Å². The summed E-state index contributed by atoms with van der Waals surface area (Å²) < 4.78 is 11.1. The molecule has 1 N–H and O–H groups in total. The van der Waals surface area contributed by atoms with Crippen molar-refractivity contribution in [2.24, 2.45) is 0 Å². The number of anilines is 1. The summed E-state index contributed by atoms with van der Waals surface area (Å²) in [6.45, 7) is 2.35. The van der Waals surface area contributed by atoms with Gasteiger partial charge in [-0.3, -0.25) is 4.79 Å². The van der Waals surface area contributed by atoms with Gasteiger partial charge in [0, 0.05) is 11.3 Å². The molecular weight excluding hydrogens is 452 g/mol. The van der Waals surface area contributed by atoms with E-state index >= 15 is 0 Å². The van der Waals surface area contributed by atoms with E-state index in [9.17, 15) is 14.9 Å². The number of carbonyl (C=O) groups excluding carboxylic acids is 2. The molecule has 0 saturated heterocycles. The highest BCUT2D eigenvalue weighted by Gasteiger charge is 2.13. The van der Waals surface area contributed by atoms with Gasteiger partial charge < -0.3 is 14.8 Å². The van der Waals surface area contributed by atoms with Crippen molar-refractivity contribution in [3.05, 3.63) is 113 Å². The minimum atomic E-state index is -0.565. The quantitative estimate of drug-likeness (QED) is 0.187. The second-order valence-electron chi connectivity index (χ2n) is 7.89. The van der Waals surface area contributed by atoms with E-state index in [-0.39, 0.29) is 12.2 Å². The van der Waals surface area contributed by atoms with Crippen LogP contribution in [0.3, 0.4) is 0 Å². The van der Waals surface area contributed by atoms with E-state index in [0.717, 1.165) is 16.3 Å². The monoisotopic (exact) mass is 476 g/mol. The maximum atomic E-state index is 12.8. The van der Waals surface area contributed by atoms with Crippen LogP contribution in [0.4, 0.5) is 5.69 Å². The fraction of sp³-hybridized carbons (Fsp3) is 0.100. The lowest BCUT2D eigenvalue weighted by atomic mass is 10.1. The zero-order valence-electron chi connectivity index (χ0n) is 19.7. The topological polar surface area (TPSA) is 88.4 Å². The summed E-state index contributed by atoms with van der Waals surface area (Å²) in [6, 6.07) is 29.6. The number of hydrogen-bond acceptors (Lipinski definition) is 5. The van der Waals surface area contributed by atoms with Crippen molar-refractivity contribution in [1.82, 2.24) is 0 Å². The Morgan fingerprint density at radius 1 is 0.917 bits per heavy atom. The summed E-state index contributed by atoms with van der Waals surface area (Å²) in [5, 5.41) is 14.6. The molecule has 0 spiro atoms. The van der Waals surface area contributed by atoms with Crippen LogP contribution >= 0.6 is 0 Å². The maximum Gasteiger partial charge on any atom is 0.338 e.